The summed E-state index contributed by atoms with van der Waals surface area (Å²) in [7, 11) is 0. The number of nitriles is 1. The minimum atomic E-state index is -0.415. The number of carbonyl (C=O) groups is 2. The lowest BCUT2D eigenvalue weighted by molar-refractivity contribution is -0.115. The molecule has 28 heavy (non-hydrogen) atoms. The fourth-order valence-corrected chi connectivity index (χ4v) is 4.10. The number of hydrogen-bond acceptors (Lipinski definition) is 5. The normalized spacial score (nSPS) is 13.0. The number of benzene rings is 2. The van der Waals surface area contributed by atoms with Gasteiger partial charge in [0.2, 0.25) is 5.91 Å². The lowest BCUT2D eigenvalue weighted by Crippen LogP contribution is -2.40. The fraction of sp³-hybridized carbons (Fsp3) is 0.0476. The van der Waals surface area contributed by atoms with Crippen LogP contribution < -0.4 is 4.90 Å². The quantitative estimate of drug-likeness (QED) is 0.584. The predicted octanol–water partition coefficient (Wildman–Crippen LogP) is 4.55. The maximum absolute atomic E-state index is 13.0. The number of pyridine rings is 1. The lowest BCUT2D eigenvalue weighted by Gasteiger charge is -2.28. The number of fused-ring (bicyclic) bond motifs is 1. The molecule has 0 aliphatic carbocycles. The number of nitrogens with zero attached hydrogens (tertiary/aromatic N) is 3. The fourth-order valence-electron chi connectivity index (χ4n) is 2.96. The summed E-state index contributed by atoms with van der Waals surface area (Å²) in [6.45, 7) is 0. The van der Waals surface area contributed by atoms with Crippen LogP contribution in [0.25, 0.3) is 11.1 Å². The highest BCUT2D eigenvalue weighted by molar-refractivity contribution is 8.00. The van der Waals surface area contributed by atoms with Crippen LogP contribution in [-0.2, 0) is 4.79 Å². The molecule has 2 aromatic carbocycles. The van der Waals surface area contributed by atoms with Crippen LogP contribution in [0.3, 0.4) is 0 Å². The summed E-state index contributed by atoms with van der Waals surface area (Å²) in [5.74, 6) is -0.558. The van der Waals surface area contributed by atoms with Crippen molar-refractivity contribution < 1.29 is 9.59 Å². The second kappa shape index (κ2) is 7.47. The van der Waals surface area contributed by atoms with Crippen LogP contribution in [-0.4, -0.2) is 22.6 Å². The molecular weight excluding hydrogens is 394 g/mol. The molecule has 0 spiro atoms. The molecule has 4 rings (SSSR count). The van der Waals surface area contributed by atoms with E-state index in [0.717, 1.165) is 16.0 Å². The Balaban J connectivity index is 1.79. The summed E-state index contributed by atoms with van der Waals surface area (Å²) in [6, 6.07) is 15.6. The summed E-state index contributed by atoms with van der Waals surface area (Å²) in [5.41, 5.74) is 3.07. The van der Waals surface area contributed by atoms with E-state index in [2.05, 4.69) is 11.1 Å². The monoisotopic (exact) mass is 405 g/mol. The maximum atomic E-state index is 13.0. The Morgan fingerprint density at radius 3 is 2.50 bits per heavy atom. The SMILES string of the molecule is N#Cc1ccc(-c2cncc3c2SCC(=O)N3C(=O)c2ccc(Cl)cc2)cc1. The summed E-state index contributed by atoms with van der Waals surface area (Å²) >= 11 is 7.27. The zero-order valence-electron chi connectivity index (χ0n) is 14.4. The third kappa shape index (κ3) is 3.26. The predicted molar refractivity (Wildman–Crippen MR) is 108 cm³/mol. The van der Waals surface area contributed by atoms with Crippen molar-refractivity contribution in [1.29, 1.82) is 5.26 Å². The van der Waals surface area contributed by atoms with E-state index in [1.807, 2.05) is 12.1 Å². The van der Waals surface area contributed by atoms with Crippen molar-refractivity contribution in [3.8, 4) is 17.2 Å². The van der Waals surface area contributed by atoms with Gasteiger partial charge in [-0.15, -0.1) is 11.8 Å². The highest BCUT2D eigenvalue weighted by Gasteiger charge is 2.32. The first-order valence-electron chi connectivity index (χ1n) is 8.32. The number of thioether (sulfide) groups is 1. The minimum Gasteiger partial charge on any atom is -0.273 e. The van der Waals surface area contributed by atoms with Crippen LogP contribution >= 0.6 is 23.4 Å². The summed E-state index contributed by atoms with van der Waals surface area (Å²) in [6.07, 6.45) is 3.23. The van der Waals surface area contributed by atoms with E-state index in [-0.39, 0.29) is 11.7 Å². The van der Waals surface area contributed by atoms with Gasteiger partial charge in [0.1, 0.15) is 0 Å². The van der Waals surface area contributed by atoms with E-state index < -0.39 is 5.91 Å². The highest BCUT2D eigenvalue weighted by Crippen LogP contribution is 2.42. The van der Waals surface area contributed by atoms with Gasteiger partial charge in [0.25, 0.3) is 5.91 Å². The number of carbonyl (C=O) groups excluding carboxylic acids is 2. The lowest BCUT2D eigenvalue weighted by atomic mass is 10.0. The molecule has 1 aliphatic heterocycles. The molecule has 2 amide bonds. The first-order chi connectivity index (χ1) is 13.6. The molecule has 2 heterocycles. The Bertz CT molecular complexity index is 1120. The van der Waals surface area contributed by atoms with E-state index in [4.69, 9.17) is 16.9 Å². The molecule has 0 saturated carbocycles. The third-order valence-corrected chi connectivity index (χ3v) is 5.69. The molecule has 1 aromatic heterocycles. The molecule has 0 fully saturated rings. The van der Waals surface area contributed by atoms with E-state index in [1.165, 1.54) is 22.9 Å². The number of hydrogen-bond donors (Lipinski definition) is 0. The van der Waals surface area contributed by atoms with E-state index >= 15 is 0 Å². The van der Waals surface area contributed by atoms with Crippen molar-refractivity contribution in [1.82, 2.24) is 4.98 Å². The van der Waals surface area contributed by atoms with E-state index in [0.29, 0.717) is 21.8 Å². The van der Waals surface area contributed by atoms with Gasteiger partial charge in [-0.2, -0.15) is 5.26 Å². The summed E-state index contributed by atoms with van der Waals surface area (Å²) < 4.78 is 0. The molecule has 0 atom stereocenters. The standard InChI is InChI=1S/C21H12ClN3O2S/c22-16-7-5-15(6-8-16)21(27)25-18-11-24-10-17(20(18)28-12-19(25)26)14-3-1-13(9-23)2-4-14/h1-8,10-11H,12H2. The largest absolute Gasteiger partial charge is 0.273 e. The maximum Gasteiger partial charge on any atom is 0.265 e. The summed E-state index contributed by atoms with van der Waals surface area (Å²) in [4.78, 5) is 31.8. The van der Waals surface area contributed by atoms with Crippen LogP contribution in [0.4, 0.5) is 5.69 Å². The average Bonchev–Trinajstić information content (AvgIpc) is 2.73. The first kappa shape index (κ1) is 18.2. The third-order valence-electron chi connectivity index (χ3n) is 4.33. The zero-order chi connectivity index (χ0) is 19.7. The highest BCUT2D eigenvalue weighted by atomic mass is 35.5. The topological polar surface area (TPSA) is 74.1 Å². The van der Waals surface area contributed by atoms with Crippen molar-refractivity contribution in [2.45, 2.75) is 4.90 Å². The molecule has 0 N–H and O–H groups in total. The molecule has 0 radical (unpaired) electrons. The van der Waals surface area contributed by atoms with Crippen LogP contribution in [0.1, 0.15) is 15.9 Å². The molecule has 0 saturated heterocycles. The van der Waals surface area contributed by atoms with Gasteiger partial charge < -0.3 is 0 Å². The van der Waals surface area contributed by atoms with Gasteiger partial charge >= 0.3 is 0 Å². The summed E-state index contributed by atoms with van der Waals surface area (Å²) in [5, 5.41) is 9.50. The molecule has 0 unspecified atom stereocenters. The van der Waals surface area contributed by atoms with Crippen LogP contribution in [0, 0.1) is 11.3 Å². The van der Waals surface area contributed by atoms with Crippen LogP contribution in [0.5, 0.6) is 0 Å². The molecular formula is C21H12ClN3O2S. The number of rotatable bonds is 2. The molecule has 0 bridgehead atoms. The second-order valence-electron chi connectivity index (χ2n) is 6.05. The van der Waals surface area contributed by atoms with E-state index in [9.17, 15) is 9.59 Å². The second-order valence-corrected chi connectivity index (χ2v) is 7.48. The Morgan fingerprint density at radius 1 is 1.11 bits per heavy atom. The van der Waals surface area contributed by atoms with Crippen molar-refractivity contribution in [3.63, 3.8) is 0 Å². The number of imide groups is 1. The average molecular weight is 406 g/mol. The zero-order valence-corrected chi connectivity index (χ0v) is 16.0. The Labute approximate surface area is 170 Å². The van der Waals surface area contributed by atoms with Gasteiger partial charge in [-0.1, -0.05) is 23.7 Å². The molecule has 7 heteroatoms. The number of amides is 2. The smallest absolute Gasteiger partial charge is 0.265 e. The van der Waals surface area contributed by atoms with Crippen molar-refractivity contribution >= 4 is 40.9 Å². The van der Waals surface area contributed by atoms with Gasteiger partial charge in [-0.05, 0) is 42.0 Å². The van der Waals surface area contributed by atoms with E-state index in [1.54, 1.807) is 42.6 Å². The van der Waals surface area contributed by atoms with Gasteiger partial charge in [0, 0.05) is 27.2 Å². The molecule has 1 aliphatic rings. The Kier molecular flexibility index (Phi) is 4.86. The number of anilines is 1. The van der Waals surface area contributed by atoms with Gasteiger partial charge in [-0.25, -0.2) is 4.90 Å². The van der Waals surface area contributed by atoms with Crippen molar-refractivity contribution in [2.24, 2.45) is 0 Å². The number of aromatic nitrogens is 1. The Morgan fingerprint density at radius 2 is 1.82 bits per heavy atom. The van der Waals surface area contributed by atoms with Gasteiger partial charge in [0.05, 0.1) is 29.3 Å². The van der Waals surface area contributed by atoms with Crippen LogP contribution in [0.15, 0.2) is 65.8 Å². The minimum absolute atomic E-state index is 0.152. The van der Waals surface area contributed by atoms with Gasteiger partial charge in [0.15, 0.2) is 0 Å². The van der Waals surface area contributed by atoms with Crippen molar-refractivity contribution in [3.05, 3.63) is 77.1 Å². The first-order valence-corrected chi connectivity index (χ1v) is 9.69. The molecule has 3 aromatic rings. The van der Waals surface area contributed by atoms with Crippen LogP contribution in [0.2, 0.25) is 5.02 Å². The molecule has 5 nitrogen and oxygen atoms in total. The number of halogens is 1. The Hall–Kier alpha value is -3.14. The molecule has 136 valence electrons. The van der Waals surface area contributed by atoms with Crippen molar-refractivity contribution in [2.75, 3.05) is 10.7 Å². The van der Waals surface area contributed by atoms with Gasteiger partial charge in [-0.3, -0.25) is 14.6 Å².